The second-order valence-electron chi connectivity index (χ2n) is 5.49. The predicted octanol–water partition coefficient (Wildman–Crippen LogP) is 2.85. The summed E-state index contributed by atoms with van der Waals surface area (Å²) in [5, 5.41) is 15.3. The van der Waals surface area contributed by atoms with E-state index in [0.29, 0.717) is 12.3 Å². The Hall–Kier alpha value is -0.780. The summed E-state index contributed by atoms with van der Waals surface area (Å²) < 4.78 is 5.77. The molecule has 1 aliphatic rings. The number of rotatable bonds is 5. The van der Waals surface area contributed by atoms with Gasteiger partial charge in [-0.05, 0) is 38.1 Å². The van der Waals surface area contributed by atoms with Gasteiger partial charge >= 0.3 is 0 Å². The lowest BCUT2D eigenvalue weighted by molar-refractivity contribution is -0.125. The van der Waals surface area contributed by atoms with Gasteiger partial charge in [-0.25, -0.2) is 0 Å². The molecule has 2 rings (SSSR count). The lowest BCUT2D eigenvalue weighted by Crippen LogP contribution is -2.53. The molecule has 0 spiro atoms. The topological polar surface area (TPSA) is 58.6 Å². The van der Waals surface area contributed by atoms with Crippen LogP contribution in [0, 0.1) is 0 Å². The van der Waals surface area contributed by atoms with Crippen LogP contribution in [0.5, 0.6) is 5.75 Å². The van der Waals surface area contributed by atoms with E-state index in [1.807, 2.05) is 25.3 Å². The average molecular weight is 318 g/mol. The van der Waals surface area contributed by atoms with Crippen LogP contribution in [0.1, 0.15) is 44.0 Å². The Bertz CT molecular complexity index is 475. The number of fused-ring (bicyclic) bond motifs is 1. The molecule has 4 nitrogen and oxygen atoms in total. The molecule has 0 unspecified atom stereocenters. The fourth-order valence-corrected chi connectivity index (χ4v) is 3.37. The second-order valence-corrected chi connectivity index (χ2v) is 6.82. The number of hydrogen-bond acceptors (Lipinski definition) is 4. The first-order valence-electron chi connectivity index (χ1n) is 6.75. The largest absolute Gasteiger partial charge is 0.484 e. The quantitative estimate of drug-likeness (QED) is 0.648. The van der Waals surface area contributed by atoms with Gasteiger partial charge in [0.2, 0.25) is 5.91 Å². The molecule has 0 saturated carbocycles. The van der Waals surface area contributed by atoms with Crippen molar-refractivity contribution in [2.24, 2.45) is 0 Å². The lowest BCUT2D eigenvalue weighted by atomic mass is 9.90. The number of ether oxygens (including phenoxy) is 1. The number of thiophene rings is 1. The molecule has 1 amide bonds. The molecular weight excluding hydrogens is 298 g/mol. The van der Waals surface area contributed by atoms with E-state index in [1.54, 1.807) is 0 Å². The van der Waals surface area contributed by atoms with Gasteiger partial charge in [0.25, 0.3) is 0 Å². The van der Waals surface area contributed by atoms with Crippen molar-refractivity contribution >= 4 is 28.8 Å². The highest BCUT2D eigenvalue weighted by Gasteiger charge is 2.44. The number of hydrogen-bond donors (Lipinski definition) is 2. The summed E-state index contributed by atoms with van der Waals surface area (Å²) in [5.74, 6) is 1.25. The van der Waals surface area contributed by atoms with Crippen LogP contribution in [0.3, 0.4) is 0 Å². The Morgan fingerprint density at radius 3 is 3.00 bits per heavy atom. The Kier molecular flexibility index (Phi) is 4.94. The smallest absolute Gasteiger partial charge is 0.220 e. The first kappa shape index (κ1) is 15.6. The van der Waals surface area contributed by atoms with Crippen molar-refractivity contribution in [1.29, 1.82) is 0 Å². The fraction of sp³-hybridized carbons (Fsp3) is 0.643. The third-order valence-corrected chi connectivity index (χ3v) is 4.69. The van der Waals surface area contributed by atoms with Gasteiger partial charge in [0.15, 0.2) is 0 Å². The predicted molar refractivity (Wildman–Crippen MR) is 80.5 cm³/mol. The normalized spacial score (nSPS) is 23.8. The van der Waals surface area contributed by atoms with Gasteiger partial charge < -0.3 is 15.2 Å². The summed E-state index contributed by atoms with van der Waals surface area (Å²) in [6.07, 6.45) is 1.24. The van der Waals surface area contributed by atoms with Crippen molar-refractivity contribution in [3.63, 3.8) is 0 Å². The summed E-state index contributed by atoms with van der Waals surface area (Å²) in [6, 6.07) is 1.47. The molecule has 112 valence electrons. The number of alkyl halides is 1. The van der Waals surface area contributed by atoms with Crippen LogP contribution in [0.25, 0.3) is 0 Å². The van der Waals surface area contributed by atoms with E-state index < -0.39 is 17.7 Å². The van der Waals surface area contributed by atoms with Gasteiger partial charge in [-0.2, -0.15) is 0 Å². The molecule has 6 heteroatoms. The van der Waals surface area contributed by atoms with E-state index in [1.165, 1.54) is 11.3 Å². The standard InChI is InChI=1S/C14H20ClNO3S/c1-14(2)13(18)11(12-9(19-14)6-8-20-12)16-10(17)5-3-4-7-15/h6,8,11,13,18H,3-5,7H2,1-2H3,(H,16,17)/t11-,13-/m1/s1. The van der Waals surface area contributed by atoms with Gasteiger partial charge in [-0.15, -0.1) is 22.9 Å². The average Bonchev–Trinajstić information content (AvgIpc) is 2.82. The molecule has 2 heterocycles. The molecule has 2 atom stereocenters. The number of carbonyl (C=O) groups excluding carboxylic acids is 1. The summed E-state index contributed by atoms with van der Waals surface area (Å²) in [4.78, 5) is 12.9. The summed E-state index contributed by atoms with van der Waals surface area (Å²) in [6.45, 7) is 3.65. The maximum atomic E-state index is 12.0. The van der Waals surface area contributed by atoms with Crippen molar-refractivity contribution < 1.29 is 14.6 Å². The zero-order chi connectivity index (χ0) is 14.8. The van der Waals surface area contributed by atoms with E-state index in [0.717, 1.165) is 23.5 Å². The van der Waals surface area contributed by atoms with Gasteiger partial charge in [-0.1, -0.05) is 0 Å². The molecule has 1 aliphatic heterocycles. The Balaban J connectivity index is 2.08. The zero-order valence-corrected chi connectivity index (χ0v) is 13.3. The summed E-state index contributed by atoms with van der Waals surface area (Å²) in [5.41, 5.74) is -0.720. The monoisotopic (exact) mass is 317 g/mol. The van der Waals surface area contributed by atoms with Crippen molar-refractivity contribution in [1.82, 2.24) is 5.32 Å². The van der Waals surface area contributed by atoms with Crippen LogP contribution >= 0.6 is 22.9 Å². The number of aliphatic hydroxyl groups is 1. The van der Waals surface area contributed by atoms with Crippen LogP contribution in [0.2, 0.25) is 0 Å². The number of halogens is 1. The van der Waals surface area contributed by atoms with Gasteiger partial charge in [-0.3, -0.25) is 4.79 Å². The molecular formula is C14H20ClNO3S. The van der Waals surface area contributed by atoms with E-state index >= 15 is 0 Å². The number of amides is 1. The Labute approximate surface area is 128 Å². The highest BCUT2D eigenvalue weighted by Crippen LogP contribution is 2.42. The maximum absolute atomic E-state index is 12.0. The van der Waals surface area contributed by atoms with Gasteiger partial charge in [0.05, 0.1) is 10.9 Å². The third kappa shape index (κ3) is 3.27. The van der Waals surface area contributed by atoms with E-state index in [4.69, 9.17) is 16.3 Å². The van der Waals surface area contributed by atoms with Crippen LogP contribution in [-0.4, -0.2) is 28.6 Å². The SMILES string of the molecule is CC1(C)Oc2ccsc2[C@@H](NC(=O)CCCCCl)[C@H]1O. The van der Waals surface area contributed by atoms with Crippen LogP contribution < -0.4 is 10.1 Å². The molecule has 0 fully saturated rings. The highest BCUT2D eigenvalue weighted by molar-refractivity contribution is 7.10. The number of carbonyl (C=O) groups is 1. The van der Waals surface area contributed by atoms with Crippen LogP contribution in [0.15, 0.2) is 11.4 Å². The molecule has 2 N–H and O–H groups in total. The number of aliphatic hydroxyl groups excluding tert-OH is 1. The molecule has 0 saturated heterocycles. The van der Waals surface area contributed by atoms with E-state index in [2.05, 4.69) is 5.32 Å². The molecule has 0 aromatic carbocycles. The zero-order valence-electron chi connectivity index (χ0n) is 11.7. The molecule has 0 bridgehead atoms. The highest BCUT2D eigenvalue weighted by atomic mass is 35.5. The van der Waals surface area contributed by atoms with Crippen molar-refractivity contribution in [2.45, 2.75) is 50.9 Å². The number of nitrogens with one attached hydrogen (secondary N) is 1. The first-order valence-corrected chi connectivity index (χ1v) is 8.17. The van der Waals surface area contributed by atoms with E-state index in [-0.39, 0.29) is 5.91 Å². The Morgan fingerprint density at radius 2 is 2.30 bits per heavy atom. The van der Waals surface area contributed by atoms with Gasteiger partial charge in [0.1, 0.15) is 17.5 Å². The van der Waals surface area contributed by atoms with Crippen LogP contribution in [0.4, 0.5) is 0 Å². The first-order chi connectivity index (χ1) is 9.45. The minimum atomic E-state index is -0.773. The minimum Gasteiger partial charge on any atom is -0.484 e. The molecule has 1 aromatic rings. The second kappa shape index (κ2) is 6.33. The molecule has 0 radical (unpaired) electrons. The van der Waals surface area contributed by atoms with Crippen molar-refractivity contribution in [2.75, 3.05) is 5.88 Å². The van der Waals surface area contributed by atoms with E-state index in [9.17, 15) is 9.90 Å². The maximum Gasteiger partial charge on any atom is 0.220 e. The van der Waals surface area contributed by atoms with Crippen molar-refractivity contribution in [3.05, 3.63) is 16.3 Å². The Morgan fingerprint density at radius 1 is 1.55 bits per heavy atom. The van der Waals surface area contributed by atoms with Gasteiger partial charge in [0, 0.05) is 12.3 Å². The molecule has 20 heavy (non-hydrogen) atoms. The fourth-order valence-electron chi connectivity index (χ4n) is 2.28. The third-order valence-electron chi connectivity index (χ3n) is 3.44. The molecule has 0 aliphatic carbocycles. The lowest BCUT2D eigenvalue weighted by Gasteiger charge is -2.40. The summed E-state index contributed by atoms with van der Waals surface area (Å²) in [7, 11) is 0. The van der Waals surface area contributed by atoms with Crippen LogP contribution in [-0.2, 0) is 4.79 Å². The minimum absolute atomic E-state index is 0.0591. The summed E-state index contributed by atoms with van der Waals surface area (Å²) >= 11 is 7.09. The van der Waals surface area contributed by atoms with Crippen molar-refractivity contribution in [3.8, 4) is 5.75 Å². The number of unbranched alkanes of at least 4 members (excludes halogenated alkanes) is 1. The molecule has 1 aromatic heterocycles.